The van der Waals surface area contributed by atoms with Gasteiger partial charge in [-0.15, -0.1) is 0 Å². The first-order chi connectivity index (χ1) is 11.1. The number of carbonyl (C=O) groups is 1. The van der Waals surface area contributed by atoms with Crippen LogP contribution in [-0.4, -0.2) is 16.7 Å². The van der Waals surface area contributed by atoms with Gasteiger partial charge in [-0.05, 0) is 6.42 Å². The maximum absolute atomic E-state index is 14.0. The Morgan fingerprint density at radius 3 is 1.83 bits per heavy atom. The summed E-state index contributed by atoms with van der Waals surface area (Å²) in [6.45, 7) is 2.07. The molecule has 0 amide bonds. The zero-order valence-corrected chi connectivity index (χ0v) is 14.3. The monoisotopic (exact) mass is 330 g/mol. The van der Waals surface area contributed by atoms with Crippen molar-refractivity contribution in [2.75, 3.05) is 0 Å². The zero-order valence-electron chi connectivity index (χ0n) is 13.4. The highest BCUT2D eigenvalue weighted by Crippen LogP contribution is 2.50. The van der Waals surface area contributed by atoms with Crippen molar-refractivity contribution < 1.29 is 14.5 Å². The highest BCUT2D eigenvalue weighted by molar-refractivity contribution is 7.80. The molecule has 0 heterocycles. The molecule has 0 aromatic heterocycles. The Morgan fingerprint density at radius 1 is 0.957 bits per heavy atom. The maximum atomic E-state index is 14.0. The van der Waals surface area contributed by atoms with E-state index in [0.717, 1.165) is 19.3 Å². The molecule has 3 nitrogen and oxygen atoms in total. The molecule has 122 valence electrons. The van der Waals surface area contributed by atoms with Crippen LogP contribution in [0.1, 0.15) is 32.6 Å². The molecular weight excluding hydrogens is 307 g/mol. The Kier molecular flexibility index (Phi) is 6.18. The number of hydrogen-bond donors (Lipinski definition) is 1. The molecule has 2 rings (SSSR count). The smallest absolute Gasteiger partial charge is 0.314 e. The van der Waals surface area contributed by atoms with Crippen LogP contribution in [-0.2, 0) is 9.36 Å². The predicted molar refractivity (Wildman–Crippen MR) is 95.3 cm³/mol. The Morgan fingerprint density at radius 2 is 1.43 bits per heavy atom. The summed E-state index contributed by atoms with van der Waals surface area (Å²) in [5.41, 5.74) is -0.876. The number of carboxylic acid groups (broad SMARTS) is 1. The molecule has 1 atom stereocenters. The highest BCUT2D eigenvalue weighted by Gasteiger charge is 2.40. The number of aliphatic carboxylic acids is 1. The second-order valence-corrected chi connectivity index (χ2v) is 8.65. The zero-order chi connectivity index (χ0) is 16.7. The normalized spacial score (nSPS) is 12.7. The second-order valence-electron chi connectivity index (χ2n) is 5.68. The number of hydrogen-bond acceptors (Lipinski definition) is 2. The highest BCUT2D eigenvalue weighted by atomic mass is 31.2. The third-order valence-electron chi connectivity index (χ3n) is 4.08. The van der Waals surface area contributed by atoms with Gasteiger partial charge in [-0.25, -0.2) is 0 Å². The van der Waals surface area contributed by atoms with E-state index in [1.54, 1.807) is 24.3 Å². The van der Waals surface area contributed by atoms with Crippen LogP contribution in [0.4, 0.5) is 0 Å². The summed E-state index contributed by atoms with van der Waals surface area (Å²) >= 11 is 0. The second kappa shape index (κ2) is 8.12. The topological polar surface area (TPSA) is 54.4 Å². The SMILES string of the molecule is CCCCCC(C(=O)O)P(=O)(c1ccccc1)c1ccccc1. The van der Waals surface area contributed by atoms with Crippen molar-refractivity contribution in [2.45, 2.75) is 38.3 Å². The fourth-order valence-electron chi connectivity index (χ4n) is 2.86. The lowest BCUT2D eigenvalue weighted by molar-refractivity contribution is -0.136. The van der Waals surface area contributed by atoms with E-state index in [2.05, 4.69) is 6.92 Å². The molecule has 0 radical (unpaired) electrons. The van der Waals surface area contributed by atoms with Gasteiger partial charge in [-0.2, -0.15) is 0 Å². The van der Waals surface area contributed by atoms with E-state index in [1.165, 1.54) is 0 Å². The van der Waals surface area contributed by atoms with E-state index in [-0.39, 0.29) is 0 Å². The minimum atomic E-state index is -3.23. The third-order valence-corrected chi connectivity index (χ3v) is 7.57. The summed E-state index contributed by atoms with van der Waals surface area (Å²) in [4.78, 5) is 11.9. The van der Waals surface area contributed by atoms with Crippen LogP contribution in [0, 0.1) is 0 Å². The van der Waals surface area contributed by atoms with E-state index in [4.69, 9.17) is 0 Å². The summed E-state index contributed by atoms with van der Waals surface area (Å²) in [6.07, 6.45) is 3.17. The molecule has 2 aromatic rings. The minimum absolute atomic E-state index is 0.435. The van der Waals surface area contributed by atoms with Crippen molar-refractivity contribution >= 4 is 23.7 Å². The molecular formula is C19H23O3P. The van der Waals surface area contributed by atoms with Gasteiger partial charge in [0.05, 0.1) is 0 Å². The van der Waals surface area contributed by atoms with Crippen molar-refractivity contribution in [1.82, 2.24) is 0 Å². The van der Waals surface area contributed by atoms with Gasteiger partial charge in [0, 0.05) is 10.6 Å². The first-order valence-corrected chi connectivity index (χ1v) is 9.82. The van der Waals surface area contributed by atoms with Crippen molar-refractivity contribution in [2.24, 2.45) is 0 Å². The van der Waals surface area contributed by atoms with Gasteiger partial charge in [0.2, 0.25) is 0 Å². The lowest BCUT2D eigenvalue weighted by Gasteiger charge is -2.26. The standard InChI is InChI=1S/C19H23O3P/c1-2-3-6-15-18(19(20)21)23(22,16-11-7-4-8-12-16)17-13-9-5-10-14-17/h4-5,7-14,18H,2-3,6,15H2,1H3,(H,20,21). The number of benzene rings is 2. The van der Waals surface area contributed by atoms with Crippen molar-refractivity contribution in [3.63, 3.8) is 0 Å². The summed E-state index contributed by atoms with van der Waals surface area (Å²) in [7, 11) is -3.23. The molecule has 0 aliphatic carbocycles. The fourth-order valence-corrected chi connectivity index (χ4v) is 5.96. The van der Waals surface area contributed by atoms with Gasteiger partial charge in [0.1, 0.15) is 5.66 Å². The van der Waals surface area contributed by atoms with Crippen LogP contribution in [0.3, 0.4) is 0 Å². The molecule has 0 aliphatic heterocycles. The molecule has 1 unspecified atom stereocenters. The van der Waals surface area contributed by atoms with Crippen LogP contribution >= 0.6 is 7.14 Å². The van der Waals surface area contributed by atoms with Gasteiger partial charge < -0.3 is 9.67 Å². The van der Waals surface area contributed by atoms with E-state index >= 15 is 0 Å². The molecule has 0 spiro atoms. The van der Waals surface area contributed by atoms with Crippen LogP contribution in [0.15, 0.2) is 60.7 Å². The Hall–Kier alpha value is -1.86. The number of rotatable bonds is 8. The quantitative estimate of drug-likeness (QED) is 0.587. The van der Waals surface area contributed by atoms with E-state index in [1.807, 2.05) is 36.4 Å². The maximum Gasteiger partial charge on any atom is 0.314 e. The average Bonchev–Trinajstić information content (AvgIpc) is 2.59. The van der Waals surface area contributed by atoms with Gasteiger partial charge >= 0.3 is 5.97 Å². The molecule has 1 N–H and O–H groups in total. The summed E-state index contributed by atoms with van der Waals surface area (Å²) in [5, 5.41) is 11.0. The predicted octanol–water partition coefficient (Wildman–Crippen LogP) is 4.03. The van der Waals surface area contributed by atoms with Crippen molar-refractivity contribution in [3.8, 4) is 0 Å². The molecule has 0 saturated heterocycles. The average molecular weight is 330 g/mol. The molecule has 0 aliphatic rings. The van der Waals surface area contributed by atoms with Crippen LogP contribution in [0.2, 0.25) is 0 Å². The lowest BCUT2D eigenvalue weighted by Crippen LogP contribution is -2.31. The molecule has 4 heteroatoms. The van der Waals surface area contributed by atoms with Gasteiger partial charge in [-0.3, -0.25) is 4.79 Å². The van der Waals surface area contributed by atoms with E-state index < -0.39 is 18.8 Å². The number of unbranched alkanes of at least 4 members (excludes halogenated alkanes) is 2. The third kappa shape index (κ3) is 3.92. The molecule has 23 heavy (non-hydrogen) atoms. The molecule has 0 bridgehead atoms. The van der Waals surface area contributed by atoms with Gasteiger partial charge in [0.25, 0.3) is 0 Å². The van der Waals surface area contributed by atoms with Gasteiger partial charge in [0.15, 0.2) is 7.14 Å². The largest absolute Gasteiger partial charge is 0.481 e. The molecule has 0 saturated carbocycles. The minimum Gasteiger partial charge on any atom is -0.481 e. The Balaban J connectivity index is 2.52. The van der Waals surface area contributed by atoms with E-state index in [0.29, 0.717) is 17.0 Å². The molecule has 2 aromatic carbocycles. The van der Waals surface area contributed by atoms with Crippen LogP contribution in [0.5, 0.6) is 0 Å². The van der Waals surface area contributed by atoms with Crippen molar-refractivity contribution in [1.29, 1.82) is 0 Å². The first-order valence-electron chi connectivity index (χ1n) is 8.04. The van der Waals surface area contributed by atoms with Gasteiger partial charge in [-0.1, -0.05) is 86.8 Å². The number of carboxylic acids is 1. The molecule has 0 fully saturated rings. The summed E-state index contributed by atoms with van der Waals surface area (Å²) < 4.78 is 14.0. The fraction of sp³-hybridized carbons (Fsp3) is 0.316. The van der Waals surface area contributed by atoms with E-state index in [9.17, 15) is 14.5 Å². The Bertz CT molecular complexity index is 624. The summed E-state index contributed by atoms with van der Waals surface area (Å²) in [5.74, 6) is -0.975. The Labute approximate surface area is 137 Å². The lowest BCUT2D eigenvalue weighted by atomic mass is 10.1. The van der Waals surface area contributed by atoms with Crippen molar-refractivity contribution in [3.05, 3.63) is 60.7 Å². The summed E-state index contributed by atoms with van der Waals surface area (Å²) in [6, 6.07) is 18.1. The van der Waals surface area contributed by atoms with Crippen LogP contribution < -0.4 is 10.6 Å². The first kappa shape index (κ1) is 17.5. The van der Waals surface area contributed by atoms with Crippen LogP contribution in [0.25, 0.3) is 0 Å².